The zero-order valence-corrected chi connectivity index (χ0v) is 14.0. The molecule has 0 saturated carbocycles. The molecular formula is C17H25NO2S. The van der Waals surface area contributed by atoms with Crippen molar-refractivity contribution in [2.75, 3.05) is 31.1 Å². The van der Waals surface area contributed by atoms with Crippen LogP contribution in [0.3, 0.4) is 0 Å². The Morgan fingerprint density at radius 3 is 2.71 bits per heavy atom. The van der Waals surface area contributed by atoms with E-state index in [9.17, 15) is 4.55 Å². The molecule has 2 heterocycles. The monoisotopic (exact) mass is 307 g/mol. The average molecular weight is 307 g/mol. The molecule has 0 N–H and O–H groups in total. The van der Waals surface area contributed by atoms with Gasteiger partial charge in [-0.25, -0.2) is 0 Å². The summed E-state index contributed by atoms with van der Waals surface area (Å²) in [6.45, 7) is 9.51. The molecule has 3 rings (SSSR count). The van der Waals surface area contributed by atoms with Crippen LogP contribution in [0.4, 0.5) is 0 Å². The van der Waals surface area contributed by atoms with E-state index in [2.05, 4.69) is 31.7 Å². The fraction of sp³-hybridized carbons (Fsp3) is 0.647. The highest BCUT2D eigenvalue weighted by Crippen LogP contribution is 2.41. The quantitative estimate of drug-likeness (QED) is 0.802. The summed E-state index contributed by atoms with van der Waals surface area (Å²) in [5.41, 5.74) is 1.32. The lowest BCUT2D eigenvalue weighted by atomic mass is 9.91. The smallest absolute Gasteiger partial charge is 0.123 e. The van der Waals surface area contributed by atoms with Crippen molar-refractivity contribution >= 4 is 11.2 Å². The van der Waals surface area contributed by atoms with Gasteiger partial charge in [0.05, 0.1) is 5.41 Å². The maximum absolute atomic E-state index is 11.4. The average Bonchev–Trinajstić information content (AvgIpc) is 2.74. The first kappa shape index (κ1) is 15.2. The molecule has 4 heteroatoms. The Morgan fingerprint density at radius 2 is 2.05 bits per heavy atom. The van der Waals surface area contributed by atoms with Crippen molar-refractivity contribution < 1.29 is 9.29 Å². The zero-order chi connectivity index (χ0) is 15.1. The van der Waals surface area contributed by atoms with E-state index in [0.717, 1.165) is 36.9 Å². The predicted octanol–water partition coefficient (Wildman–Crippen LogP) is 2.61. The summed E-state index contributed by atoms with van der Waals surface area (Å²) in [7, 11) is 0. The van der Waals surface area contributed by atoms with E-state index in [1.165, 1.54) is 12.0 Å². The summed E-state index contributed by atoms with van der Waals surface area (Å²) in [5.74, 6) is 2.78. The fourth-order valence-electron chi connectivity index (χ4n) is 3.58. The molecule has 0 unspecified atom stereocenters. The molecular weight excluding hydrogens is 282 g/mol. The summed E-state index contributed by atoms with van der Waals surface area (Å²) >= 11 is -0.552. The molecule has 0 amide bonds. The van der Waals surface area contributed by atoms with Gasteiger partial charge in [-0.15, -0.1) is 0 Å². The number of rotatable bonds is 4. The van der Waals surface area contributed by atoms with E-state index in [1.807, 2.05) is 18.2 Å². The molecule has 1 aromatic rings. The van der Waals surface area contributed by atoms with Crippen LogP contribution in [0.15, 0.2) is 24.3 Å². The SMILES string of the molecule is Cc1ccccc1OC(C)(C)CN1CCC2(C1)C[S+]([O-])C2. The minimum Gasteiger partial charge on any atom is -0.616 e. The third kappa shape index (κ3) is 3.38. The maximum atomic E-state index is 11.4. The van der Waals surface area contributed by atoms with Crippen LogP contribution in [0.2, 0.25) is 0 Å². The second-order valence-corrected chi connectivity index (χ2v) is 8.77. The fourth-order valence-corrected chi connectivity index (χ4v) is 5.33. The van der Waals surface area contributed by atoms with Crippen molar-refractivity contribution in [2.24, 2.45) is 5.41 Å². The van der Waals surface area contributed by atoms with Crippen molar-refractivity contribution in [3.8, 4) is 5.75 Å². The molecule has 2 aliphatic rings. The van der Waals surface area contributed by atoms with Crippen LogP contribution in [0.25, 0.3) is 0 Å². The number of nitrogens with zero attached hydrogens (tertiary/aromatic N) is 1. The van der Waals surface area contributed by atoms with Gasteiger partial charge in [0.1, 0.15) is 22.9 Å². The van der Waals surface area contributed by atoms with Crippen LogP contribution in [0.1, 0.15) is 25.8 Å². The Kier molecular flexibility index (Phi) is 3.97. The van der Waals surface area contributed by atoms with Gasteiger partial charge in [0.15, 0.2) is 0 Å². The van der Waals surface area contributed by atoms with Crippen LogP contribution in [0, 0.1) is 12.3 Å². The summed E-state index contributed by atoms with van der Waals surface area (Å²) in [4.78, 5) is 2.48. The number of benzene rings is 1. The second-order valence-electron chi connectivity index (χ2n) is 7.32. The minimum absolute atomic E-state index is 0.208. The number of para-hydroxylation sites is 1. The summed E-state index contributed by atoms with van der Waals surface area (Å²) in [6, 6.07) is 8.18. The molecule has 0 aliphatic carbocycles. The molecule has 2 saturated heterocycles. The van der Waals surface area contributed by atoms with Crippen LogP contribution >= 0.6 is 0 Å². The van der Waals surface area contributed by atoms with Gasteiger partial charge >= 0.3 is 0 Å². The number of ether oxygens (including phenoxy) is 1. The van der Waals surface area contributed by atoms with Gasteiger partial charge in [-0.2, -0.15) is 0 Å². The zero-order valence-electron chi connectivity index (χ0n) is 13.2. The van der Waals surface area contributed by atoms with Gasteiger partial charge < -0.3 is 9.29 Å². The largest absolute Gasteiger partial charge is 0.616 e. The number of hydrogen-bond acceptors (Lipinski definition) is 3. The second kappa shape index (κ2) is 5.49. The van der Waals surface area contributed by atoms with E-state index in [0.29, 0.717) is 5.41 Å². The lowest BCUT2D eigenvalue weighted by Gasteiger charge is -2.39. The van der Waals surface area contributed by atoms with E-state index < -0.39 is 11.2 Å². The van der Waals surface area contributed by atoms with Crippen molar-refractivity contribution in [1.29, 1.82) is 0 Å². The Balaban J connectivity index is 1.58. The van der Waals surface area contributed by atoms with Crippen molar-refractivity contribution in [3.63, 3.8) is 0 Å². The molecule has 21 heavy (non-hydrogen) atoms. The first-order valence-electron chi connectivity index (χ1n) is 7.70. The Labute approximate surface area is 130 Å². The van der Waals surface area contributed by atoms with Crippen LogP contribution in [-0.2, 0) is 11.2 Å². The number of likely N-dealkylation sites (tertiary alicyclic amines) is 1. The van der Waals surface area contributed by atoms with E-state index >= 15 is 0 Å². The highest BCUT2D eigenvalue weighted by atomic mass is 32.2. The first-order valence-corrected chi connectivity index (χ1v) is 9.18. The molecule has 0 aromatic heterocycles. The third-order valence-electron chi connectivity index (χ3n) is 4.54. The Hall–Kier alpha value is -0.710. The van der Waals surface area contributed by atoms with E-state index in [-0.39, 0.29) is 5.60 Å². The number of hydrogen-bond donors (Lipinski definition) is 0. The third-order valence-corrected chi connectivity index (χ3v) is 6.40. The molecule has 1 aromatic carbocycles. The van der Waals surface area contributed by atoms with Crippen molar-refractivity contribution in [2.45, 2.75) is 32.8 Å². The highest BCUT2D eigenvalue weighted by Gasteiger charge is 2.52. The first-order chi connectivity index (χ1) is 9.88. The molecule has 3 nitrogen and oxygen atoms in total. The molecule has 1 spiro atoms. The van der Waals surface area contributed by atoms with Gasteiger partial charge in [-0.3, -0.25) is 4.90 Å². The Bertz CT molecular complexity index is 511. The van der Waals surface area contributed by atoms with Gasteiger partial charge in [-0.05, 0) is 45.4 Å². The van der Waals surface area contributed by atoms with Gasteiger partial charge in [0, 0.05) is 13.1 Å². The molecule has 2 fully saturated rings. The molecule has 0 atom stereocenters. The van der Waals surface area contributed by atoms with Crippen LogP contribution in [-0.4, -0.2) is 46.2 Å². The number of aryl methyl sites for hydroxylation is 1. The summed E-state index contributed by atoms with van der Waals surface area (Å²) in [5, 5.41) is 0. The Morgan fingerprint density at radius 1 is 1.33 bits per heavy atom. The van der Waals surface area contributed by atoms with Crippen LogP contribution in [0.5, 0.6) is 5.75 Å². The van der Waals surface area contributed by atoms with Gasteiger partial charge in [0.2, 0.25) is 0 Å². The minimum atomic E-state index is -0.552. The lowest BCUT2D eigenvalue weighted by molar-refractivity contribution is 0.0642. The summed E-state index contributed by atoms with van der Waals surface area (Å²) < 4.78 is 17.6. The maximum Gasteiger partial charge on any atom is 0.123 e. The predicted molar refractivity (Wildman–Crippen MR) is 87.3 cm³/mol. The summed E-state index contributed by atoms with van der Waals surface area (Å²) in [6.07, 6.45) is 1.19. The van der Waals surface area contributed by atoms with E-state index in [1.54, 1.807) is 0 Å². The van der Waals surface area contributed by atoms with Crippen LogP contribution < -0.4 is 4.74 Å². The van der Waals surface area contributed by atoms with Crippen molar-refractivity contribution in [1.82, 2.24) is 4.90 Å². The molecule has 0 radical (unpaired) electrons. The molecule has 0 bridgehead atoms. The topological polar surface area (TPSA) is 35.5 Å². The standard InChI is InChI=1S/C17H25NO2S/c1-14-6-4-5-7-15(14)20-16(2,3)10-18-9-8-17(11-18)12-21(19)13-17/h4-7H,8-13H2,1-3H3. The van der Waals surface area contributed by atoms with Gasteiger partial charge in [0.25, 0.3) is 0 Å². The van der Waals surface area contributed by atoms with E-state index in [4.69, 9.17) is 4.74 Å². The highest BCUT2D eigenvalue weighted by molar-refractivity contribution is 7.92. The normalized spacial score (nSPS) is 29.6. The molecule has 116 valence electrons. The molecule has 2 aliphatic heterocycles. The van der Waals surface area contributed by atoms with Gasteiger partial charge in [-0.1, -0.05) is 29.4 Å². The lowest BCUT2D eigenvalue weighted by Crippen LogP contribution is -2.51. The van der Waals surface area contributed by atoms with Crippen molar-refractivity contribution in [3.05, 3.63) is 29.8 Å².